The van der Waals surface area contributed by atoms with Crippen LogP contribution in [-0.2, 0) is 8.88 Å². The van der Waals surface area contributed by atoms with E-state index >= 15 is 0 Å². The Labute approximate surface area is 230 Å². The number of hydrogen-bond donors (Lipinski definition) is 0. The molecule has 4 heteroatoms. The summed E-state index contributed by atoms with van der Waals surface area (Å²) in [6.45, 7) is 6.78. The standard InChI is InChI=1S/C32H68O2P2/c1-5-9-13-17-18-19-20-21-22-23-24-28-32-36(34-35-33,29-25-14-10-6-2,30-26-15-11-7-3)31-27-16-12-8-4/h5-32H2,1-4H3. The van der Waals surface area contributed by atoms with E-state index in [1.807, 2.05) is 0 Å². The van der Waals surface area contributed by atoms with Crippen LogP contribution in [-0.4, -0.2) is 24.6 Å². The molecular weight excluding hydrogens is 478 g/mol. The molecular formula is C32H68O2P2. The van der Waals surface area contributed by atoms with Gasteiger partial charge in [-0.05, 0) is 0 Å². The first kappa shape index (κ1) is 36.5. The molecule has 0 amide bonds. The molecule has 0 aliphatic heterocycles. The van der Waals surface area contributed by atoms with Gasteiger partial charge < -0.3 is 0 Å². The van der Waals surface area contributed by atoms with Gasteiger partial charge in [-0.1, -0.05) is 13.3 Å². The molecule has 0 aromatic carbocycles. The molecule has 0 spiro atoms. The second kappa shape index (κ2) is 25.8. The van der Waals surface area contributed by atoms with Gasteiger partial charge in [-0.15, -0.1) is 0 Å². The van der Waals surface area contributed by atoms with Crippen LogP contribution >= 0.6 is 15.5 Å². The van der Waals surface area contributed by atoms with E-state index < -0.39 is 6.83 Å². The second-order valence-electron chi connectivity index (χ2n) is 12.0. The fraction of sp³-hybridized carbons (Fsp3) is 1.00. The maximum atomic E-state index is 12.1. The summed E-state index contributed by atoms with van der Waals surface area (Å²) in [5, 5.41) is 0. The minimum absolute atomic E-state index is 0.0364. The third kappa shape index (κ3) is 18.7. The van der Waals surface area contributed by atoms with Crippen LogP contribution in [0.15, 0.2) is 0 Å². The molecule has 0 bridgehead atoms. The Morgan fingerprint density at radius 2 is 0.611 bits per heavy atom. The molecule has 0 radical (unpaired) electrons. The van der Waals surface area contributed by atoms with Crippen LogP contribution in [0.4, 0.5) is 0 Å². The summed E-state index contributed by atoms with van der Waals surface area (Å²) in [6, 6.07) is 0. The van der Waals surface area contributed by atoms with E-state index in [-0.39, 0.29) is 8.69 Å². The zero-order valence-electron chi connectivity index (χ0n) is 25.5. The van der Waals surface area contributed by atoms with Gasteiger partial charge in [0.2, 0.25) is 0 Å². The van der Waals surface area contributed by atoms with Gasteiger partial charge in [0, 0.05) is 0 Å². The summed E-state index contributed by atoms with van der Waals surface area (Å²) >= 11 is 0. The molecule has 0 N–H and O–H groups in total. The Kier molecular flexibility index (Phi) is 26.1. The topological polar surface area (TPSA) is 26.3 Å². The van der Waals surface area contributed by atoms with E-state index in [0.29, 0.717) is 0 Å². The van der Waals surface area contributed by atoms with Gasteiger partial charge in [0.15, 0.2) is 0 Å². The molecule has 0 fully saturated rings. The summed E-state index contributed by atoms with van der Waals surface area (Å²) in [4.78, 5) is 0. The third-order valence-corrected chi connectivity index (χ3v) is 16.5. The van der Waals surface area contributed by atoms with Crippen LogP contribution in [0.2, 0.25) is 0 Å². The van der Waals surface area contributed by atoms with Gasteiger partial charge in [0.25, 0.3) is 0 Å². The molecule has 0 aliphatic rings. The van der Waals surface area contributed by atoms with E-state index in [9.17, 15) is 4.57 Å². The maximum absolute atomic E-state index is 12.1. The second-order valence-corrected chi connectivity index (χ2v) is 18.3. The van der Waals surface area contributed by atoms with Crippen molar-refractivity contribution in [3.63, 3.8) is 0 Å². The summed E-state index contributed by atoms with van der Waals surface area (Å²) < 4.78 is 18.7. The minimum atomic E-state index is -2.42. The molecule has 0 saturated carbocycles. The molecule has 0 aromatic rings. The summed E-state index contributed by atoms with van der Waals surface area (Å²) in [6.07, 6.45) is 37.3. The van der Waals surface area contributed by atoms with Crippen LogP contribution in [0, 0.1) is 0 Å². The average molecular weight is 547 g/mol. The summed E-state index contributed by atoms with van der Waals surface area (Å²) in [7, 11) is -0.0364. The van der Waals surface area contributed by atoms with Crippen LogP contribution in [0.25, 0.3) is 0 Å². The molecule has 0 rings (SSSR count). The zero-order chi connectivity index (χ0) is 26.7. The molecule has 0 aromatic heterocycles. The molecule has 0 heterocycles. The average Bonchev–Trinajstić information content (AvgIpc) is 2.88. The van der Waals surface area contributed by atoms with Crippen LogP contribution < -0.4 is 0 Å². The monoisotopic (exact) mass is 546 g/mol. The molecule has 0 aliphatic carbocycles. The number of rotatable bonds is 30. The Morgan fingerprint density at radius 1 is 0.389 bits per heavy atom. The van der Waals surface area contributed by atoms with Crippen LogP contribution in [0.1, 0.15) is 182 Å². The first-order valence-electron chi connectivity index (χ1n) is 16.6. The molecule has 218 valence electrons. The third-order valence-electron chi connectivity index (χ3n) is 8.57. The first-order chi connectivity index (χ1) is 17.6. The van der Waals surface area contributed by atoms with Crippen molar-refractivity contribution < 1.29 is 8.88 Å². The predicted octanol–water partition coefficient (Wildman–Crippen LogP) is 13.1. The van der Waals surface area contributed by atoms with Gasteiger partial charge in [-0.3, -0.25) is 0 Å². The first-order valence-corrected chi connectivity index (χ1v) is 20.3. The molecule has 36 heavy (non-hydrogen) atoms. The molecule has 0 unspecified atom stereocenters. The van der Waals surface area contributed by atoms with E-state index in [1.165, 1.54) is 179 Å². The van der Waals surface area contributed by atoms with E-state index in [4.69, 9.17) is 4.31 Å². The van der Waals surface area contributed by atoms with Crippen LogP contribution in [0.5, 0.6) is 0 Å². The van der Waals surface area contributed by atoms with Crippen molar-refractivity contribution in [3.8, 4) is 0 Å². The van der Waals surface area contributed by atoms with Crippen molar-refractivity contribution in [3.05, 3.63) is 0 Å². The summed E-state index contributed by atoms with van der Waals surface area (Å²) in [5.74, 6) is 0. The SMILES string of the molecule is CCCCCCCCCCCCCCP(CCCCCC)(CCCCCC)(CCCCCC)OP=O. The zero-order valence-corrected chi connectivity index (χ0v) is 27.3. The van der Waals surface area contributed by atoms with E-state index in [2.05, 4.69) is 27.7 Å². The molecule has 0 saturated heterocycles. The number of unbranched alkanes of at least 4 members (excludes halogenated alkanes) is 20. The Balaban J connectivity index is 4.92. The van der Waals surface area contributed by atoms with Gasteiger partial charge in [-0.25, -0.2) is 0 Å². The van der Waals surface area contributed by atoms with Crippen molar-refractivity contribution in [2.45, 2.75) is 182 Å². The Hall–Kier alpha value is 0.490. The van der Waals surface area contributed by atoms with Gasteiger partial charge in [-0.2, -0.15) is 0 Å². The van der Waals surface area contributed by atoms with Crippen molar-refractivity contribution >= 4 is 15.5 Å². The van der Waals surface area contributed by atoms with Crippen molar-refractivity contribution in [2.75, 3.05) is 24.6 Å². The van der Waals surface area contributed by atoms with Crippen molar-refractivity contribution in [1.82, 2.24) is 0 Å². The fourth-order valence-electron chi connectivity index (χ4n) is 6.10. The summed E-state index contributed by atoms with van der Waals surface area (Å²) in [5.41, 5.74) is 0. The fourth-order valence-corrected chi connectivity index (χ4v) is 13.6. The molecule has 2 nitrogen and oxygen atoms in total. The molecule has 0 atom stereocenters. The van der Waals surface area contributed by atoms with Crippen LogP contribution in [0.3, 0.4) is 0 Å². The van der Waals surface area contributed by atoms with Gasteiger partial charge >= 0.3 is 217 Å². The Bertz CT molecular complexity index is 435. The van der Waals surface area contributed by atoms with Crippen molar-refractivity contribution in [1.29, 1.82) is 0 Å². The quantitative estimate of drug-likeness (QED) is 0.0661. The van der Waals surface area contributed by atoms with E-state index in [0.717, 1.165) is 0 Å². The predicted molar refractivity (Wildman–Crippen MR) is 169 cm³/mol. The number of hydrogen-bond acceptors (Lipinski definition) is 2. The van der Waals surface area contributed by atoms with E-state index in [1.54, 1.807) is 0 Å². The van der Waals surface area contributed by atoms with Gasteiger partial charge in [0.1, 0.15) is 0 Å². The normalized spacial score (nSPS) is 13.3. The Morgan fingerprint density at radius 3 is 0.861 bits per heavy atom. The van der Waals surface area contributed by atoms with Crippen molar-refractivity contribution in [2.24, 2.45) is 0 Å². The van der Waals surface area contributed by atoms with Gasteiger partial charge in [0.05, 0.1) is 0 Å².